The summed E-state index contributed by atoms with van der Waals surface area (Å²) in [5.74, 6) is 1.22. The van der Waals surface area contributed by atoms with Gasteiger partial charge in [-0.15, -0.1) is 0 Å². The Morgan fingerprint density at radius 2 is 2.00 bits per heavy atom. The quantitative estimate of drug-likeness (QED) is 0.653. The number of aliphatic hydroxyl groups is 2. The fraction of sp³-hybridized carbons (Fsp3) is 1.00. The minimum atomic E-state index is 0.109. The first-order valence-electron chi connectivity index (χ1n) is 5.02. The summed E-state index contributed by atoms with van der Waals surface area (Å²) in [6.07, 6.45) is 5.97. The van der Waals surface area contributed by atoms with Gasteiger partial charge >= 0.3 is 0 Å². The van der Waals surface area contributed by atoms with Gasteiger partial charge in [0.1, 0.15) is 0 Å². The zero-order valence-corrected chi connectivity index (χ0v) is 7.50. The predicted octanol–water partition coefficient (Wildman–Crippen LogP) is 1.17. The lowest BCUT2D eigenvalue weighted by atomic mass is 9.68. The van der Waals surface area contributed by atoms with E-state index >= 15 is 0 Å². The molecule has 2 nitrogen and oxygen atoms in total. The highest BCUT2D eigenvalue weighted by Gasteiger charge is 2.47. The SMILES string of the molecule is OCC1CCC2CCC1(CO)C2. The van der Waals surface area contributed by atoms with Gasteiger partial charge in [-0.1, -0.05) is 6.42 Å². The Bertz CT molecular complexity index is 167. The van der Waals surface area contributed by atoms with Gasteiger partial charge in [0.05, 0.1) is 0 Å². The topological polar surface area (TPSA) is 40.5 Å². The van der Waals surface area contributed by atoms with Crippen molar-refractivity contribution in [1.82, 2.24) is 0 Å². The van der Waals surface area contributed by atoms with Crippen LogP contribution in [-0.2, 0) is 0 Å². The molecule has 2 fully saturated rings. The summed E-state index contributed by atoms with van der Waals surface area (Å²) in [5.41, 5.74) is 0.109. The molecule has 2 rings (SSSR count). The molecule has 0 spiro atoms. The summed E-state index contributed by atoms with van der Waals surface area (Å²) in [7, 11) is 0. The molecular weight excluding hydrogens is 152 g/mol. The predicted molar refractivity (Wildman–Crippen MR) is 46.7 cm³/mol. The molecule has 3 unspecified atom stereocenters. The number of aliphatic hydroxyl groups excluding tert-OH is 2. The van der Waals surface area contributed by atoms with Gasteiger partial charge in [-0.3, -0.25) is 0 Å². The van der Waals surface area contributed by atoms with Gasteiger partial charge in [0, 0.05) is 13.2 Å². The highest BCUT2D eigenvalue weighted by molar-refractivity contribution is 4.97. The van der Waals surface area contributed by atoms with Crippen molar-refractivity contribution < 1.29 is 10.2 Å². The van der Waals surface area contributed by atoms with Crippen molar-refractivity contribution in [2.45, 2.75) is 32.1 Å². The van der Waals surface area contributed by atoms with E-state index < -0.39 is 0 Å². The maximum absolute atomic E-state index is 9.36. The minimum absolute atomic E-state index is 0.109. The fourth-order valence-corrected chi connectivity index (χ4v) is 3.19. The molecule has 2 aliphatic carbocycles. The van der Waals surface area contributed by atoms with Gasteiger partial charge in [0.25, 0.3) is 0 Å². The van der Waals surface area contributed by atoms with Gasteiger partial charge in [0.15, 0.2) is 0 Å². The van der Waals surface area contributed by atoms with Crippen LogP contribution in [0.1, 0.15) is 32.1 Å². The molecule has 0 aromatic heterocycles. The maximum Gasteiger partial charge on any atom is 0.0491 e. The summed E-state index contributed by atoms with van der Waals surface area (Å²) in [6, 6.07) is 0. The summed E-state index contributed by atoms with van der Waals surface area (Å²) < 4.78 is 0. The Balaban J connectivity index is 2.15. The molecule has 2 N–H and O–H groups in total. The molecule has 0 aromatic rings. The van der Waals surface area contributed by atoms with E-state index in [-0.39, 0.29) is 18.6 Å². The standard InChI is InChI=1S/C10H18O2/c11-6-9-2-1-8-3-4-10(9,5-8)7-12/h8-9,11-12H,1-7H2. The maximum atomic E-state index is 9.36. The second-order valence-electron chi connectivity index (χ2n) is 4.59. The van der Waals surface area contributed by atoms with Crippen LogP contribution in [0.4, 0.5) is 0 Å². The third-order valence-corrected chi connectivity index (χ3v) is 4.07. The van der Waals surface area contributed by atoms with E-state index in [4.69, 9.17) is 0 Å². The average Bonchev–Trinajstić information content (AvgIpc) is 2.46. The molecule has 2 bridgehead atoms. The number of rotatable bonds is 2. The summed E-state index contributed by atoms with van der Waals surface area (Å²) in [4.78, 5) is 0. The average molecular weight is 170 g/mol. The second kappa shape index (κ2) is 3.00. The monoisotopic (exact) mass is 170 g/mol. The van der Waals surface area contributed by atoms with E-state index in [1.165, 1.54) is 12.8 Å². The molecule has 0 aliphatic heterocycles. The smallest absolute Gasteiger partial charge is 0.0491 e. The Morgan fingerprint density at radius 3 is 2.67 bits per heavy atom. The van der Waals surface area contributed by atoms with E-state index in [1.54, 1.807) is 0 Å². The molecule has 3 atom stereocenters. The summed E-state index contributed by atoms with van der Waals surface area (Å²) in [6.45, 7) is 0.558. The summed E-state index contributed by atoms with van der Waals surface area (Å²) >= 11 is 0. The molecule has 0 aromatic carbocycles. The lowest BCUT2D eigenvalue weighted by Gasteiger charge is -2.38. The van der Waals surface area contributed by atoms with Gasteiger partial charge in [-0.2, -0.15) is 0 Å². The van der Waals surface area contributed by atoms with Crippen LogP contribution in [0.2, 0.25) is 0 Å². The van der Waals surface area contributed by atoms with Crippen LogP contribution in [0.3, 0.4) is 0 Å². The van der Waals surface area contributed by atoms with Gasteiger partial charge in [-0.25, -0.2) is 0 Å². The van der Waals surface area contributed by atoms with Crippen LogP contribution in [0.5, 0.6) is 0 Å². The molecule has 2 heteroatoms. The molecule has 0 amide bonds. The van der Waals surface area contributed by atoms with Gasteiger partial charge in [-0.05, 0) is 42.9 Å². The first-order chi connectivity index (χ1) is 5.80. The molecule has 0 saturated heterocycles. The zero-order chi connectivity index (χ0) is 8.60. The minimum Gasteiger partial charge on any atom is -0.396 e. The highest BCUT2D eigenvalue weighted by atomic mass is 16.3. The number of fused-ring (bicyclic) bond motifs is 2. The van der Waals surface area contributed by atoms with Crippen molar-refractivity contribution in [2.75, 3.05) is 13.2 Å². The Hall–Kier alpha value is -0.0800. The van der Waals surface area contributed by atoms with Crippen molar-refractivity contribution >= 4 is 0 Å². The van der Waals surface area contributed by atoms with Crippen LogP contribution < -0.4 is 0 Å². The first kappa shape index (κ1) is 8.52. The molecule has 2 saturated carbocycles. The van der Waals surface area contributed by atoms with E-state index in [1.807, 2.05) is 0 Å². The third-order valence-electron chi connectivity index (χ3n) is 4.07. The van der Waals surface area contributed by atoms with Crippen molar-refractivity contribution in [3.63, 3.8) is 0 Å². The van der Waals surface area contributed by atoms with Gasteiger partial charge < -0.3 is 10.2 Å². The lowest BCUT2D eigenvalue weighted by Crippen LogP contribution is -2.36. The van der Waals surface area contributed by atoms with Crippen LogP contribution in [0, 0.1) is 17.3 Å². The normalized spacial score (nSPS) is 46.5. The molecular formula is C10H18O2. The highest BCUT2D eigenvalue weighted by Crippen LogP contribution is 2.53. The van der Waals surface area contributed by atoms with E-state index in [0.29, 0.717) is 5.92 Å². The van der Waals surface area contributed by atoms with Crippen molar-refractivity contribution in [3.05, 3.63) is 0 Å². The zero-order valence-electron chi connectivity index (χ0n) is 7.50. The first-order valence-corrected chi connectivity index (χ1v) is 5.02. The number of hydrogen-bond donors (Lipinski definition) is 2. The van der Waals surface area contributed by atoms with Crippen LogP contribution in [0.25, 0.3) is 0 Å². The third kappa shape index (κ3) is 1.09. The van der Waals surface area contributed by atoms with Crippen LogP contribution in [0.15, 0.2) is 0 Å². The van der Waals surface area contributed by atoms with E-state index in [2.05, 4.69) is 0 Å². The van der Waals surface area contributed by atoms with Crippen molar-refractivity contribution in [1.29, 1.82) is 0 Å². The molecule has 70 valence electrons. The van der Waals surface area contributed by atoms with E-state index in [9.17, 15) is 10.2 Å². The van der Waals surface area contributed by atoms with Crippen LogP contribution in [-0.4, -0.2) is 23.4 Å². The van der Waals surface area contributed by atoms with Gasteiger partial charge in [0.2, 0.25) is 0 Å². The summed E-state index contributed by atoms with van der Waals surface area (Å²) in [5, 5.41) is 18.6. The van der Waals surface area contributed by atoms with Crippen LogP contribution >= 0.6 is 0 Å². The lowest BCUT2D eigenvalue weighted by molar-refractivity contribution is 0.00677. The molecule has 12 heavy (non-hydrogen) atoms. The Labute approximate surface area is 73.6 Å². The Morgan fingerprint density at radius 1 is 1.17 bits per heavy atom. The molecule has 0 heterocycles. The Kier molecular flexibility index (Phi) is 2.13. The number of hydrogen-bond acceptors (Lipinski definition) is 2. The molecule has 0 radical (unpaired) electrons. The molecule has 2 aliphatic rings. The van der Waals surface area contributed by atoms with Crippen molar-refractivity contribution in [2.24, 2.45) is 17.3 Å². The fourth-order valence-electron chi connectivity index (χ4n) is 3.19. The van der Waals surface area contributed by atoms with Crippen molar-refractivity contribution in [3.8, 4) is 0 Å². The van der Waals surface area contributed by atoms with E-state index in [0.717, 1.165) is 25.2 Å². The second-order valence-corrected chi connectivity index (χ2v) is 4.59. The largest absolute Gasteiger partial charge is 0.396 e.